The number of pyridine rings is 2. The van der Waals surface area contributed by atoms with Crippen molar-refractivity contribution in [2.45, 2.75) is 64.8 Å². The largest absolute Gasteiger partial charge is 0.498 e. The van der Waals surface area contributed by atoms with Gasteiger partial charge in [-0.1, -0.05) is 446 Å². The fourth-order valence-corrected chi connectivity index (χ4v) is 24.4. The molecule has 14 aromatic rings. The normalized spacial score (nSPS) is 16.3. The number of likely N-dealkylation sites (N-methyl/N-ethyl adjacent to an activating group) is 2. The van der Waals surface area contributed by atoms with Gasteiger partial charge in [0.25, 0.3) is 0 Å². The zero-order valence-electron chi connectivity index (χ0n) is 69.8. The number of benzene rings is 12. The molecule has 5 aliphatic rings. The summed E-state index contributed by atoms with van der Waals surface area (Å²) >= 11 is 15.6. The summed E-state index contributed by atoms with van der Waals surface area (Å²) in [4.78, 5) is 8.14. The Morgan fingerprint density at radius 2 is 0.577 bits per heavy atom. The van der Waals surface area contributed by atoms with Crippen molar-refractivity contribution >= 4 is 165 Å². The Balaban J connectivity index is 0.000000131. The minimum absolute atomic E-state index is 0. The van der Waals surface area contributed by atoms with Crippen LogP contribution in [0.5, 0.6) is 0 Å². The van der Waals surface area contributed by atoms with Crippen molar-refractivity contribution in [1.29, 1.82) is 0 Å². The van der Waals surface area contributed by atoms with Crippen LogP contribution in [0.1, 0.15) is 47.1 Å². The van der Waals surface area contributed by atoms with E-state index in [1.807, 2.05) is 64.4 Å². The minimum Gasteiger partial charge on any atom is -0.399 e. The molecule has 8 nitrogen and oxygen atoms in total. The van der Waals surface area contributed by atoms with Crippen LogP contribution in [0.15, 0.2) is 452 Å². The number of fused-ring (bicyclic) bond motifs is 2. The predicted octanol–water partition coefficient (Wildman–Crippen LogP) is 20.9. The molecule has 0 radical (unpaired) electrons. The Morgan fingerprint density at radius 1 is 0.333 bits per heavy atom. The molecular formula is C106H100BBrCl2N6O2P4Pd. The summed E-state index contributed by atoms with van der Waals surface area (Å²) in [6, 6.07) is 138. The van der Waals surface area contributed by atoms with E-state index < -0.39 is 38.8 Å². The molecule has 2 aromatic heterocycles. The van der Waals surface area contributed by atoms with Gasteiger partial charge in [0.15, 0.2) is 0 Å². The first kappa shape index (κ1) is 92.4. The van der Waals surface area contributed by atoms with Crippen LogP contribution in [0.2, 0.25) is 10.3 Å². The third-order valence-corrected chi connectivity index (χ3v) is 32.0. The van der Waals surface area contributed by atoms with E-state index in [-0.39, 0.29) is 31.6 Å². The zero-order chi connectivity index (χ0) is 84.7. The smallest absolute Gasteiger partial charge is 0.399 e. The average Bonchev–Trinajstić information content (AvgIpc) is 1.62. The van der Waals surface area contributed by atoms with Gasteiger partial charge in [-0.15, -0.1) is 0 Å². The van der Waals surface area contributed by atoms with Crippen LogP contribution >= 0.6 is 70.8 Å². The van der Waals surface area contributed by atoms with E-state index in [1.54, 1.807) is 12.4 Å². The molecule has 2 aliphatic carbocycles. The Hall–Kier alpha value is -9.73. The van der Waals surface area contributed by atoms with Crippen molar-refractivity contribution in [3.63, 3.8) is 0 Å². The molecule has 3 aliphatic heterocycles. The third kappa shape index (κ3) is 25.5. The monoisotopic (exact) mass is 1880 g/mol. The molecule has 0 bridgehead atoms. The predicted molar refractivity (Wildman–Crippen MR) is 534 cm³/mol. The van der Waals surface area contributed by atoms with Crippen molar-refractivity contribution in [3.05, 3.63) is 457 Å². The van der Waals surface area contributed by atoms with Gasteiger partial charge in [0, 0.05) is 85.7 Å². The Labute approximate surface area is 765 Å². The number of rotatable bonds is 16. The fraction of sp³-hybridized carbons (Fsp3) is 0.132. The number of aromatic nitrogens is 2. The summed E-state index contributed by atoms with van der Waals surface area (Å²) in [6.45, 7) is 14.2. The number of hydrazone groups is 2. The summed E-state index contributed by atoms with van der Waals surface area (Å²) in [5, 5.41) is 30.7. The van der Waals surface area contributed by atoms with E-state index in [0.717, 1.165) is 34.2 Å². The third-order valence-electron chi connectivity index (χ3n) is 21.1. The van der Waals surface area contributed by atoms with E-state index in [2.05, 4.69) is 460 Å². The van der Waals surface area contributed by atoms with E-state index in [4.69, 9.17) is 32.5 Å². The maximum absolute atomic E-state index is 6.13. The van der Waals surface area contributed by atoms with Gasteiger partial charge in [-0.2, -0.15) is 10.2 Å². The van der Waals surface area contributed by atoms with E-state index >= 15 is 0 Å². The Bertz CT molecular complexity index is 4820. The van der Waals surface area contributed by atoms with Crippen LogP contribution < -0.4 is 69.1 Å². The second-order valence-electron chi connectivity index (χ2n) is 29.7. The Kier molecular flexibility index (Phi) is 35.6. The van der Waals surface area contributed by atoms with Crippen molar-refractivity contribution < 1.29 is 29.7 Å². The maximum atomic E-state index is 6.13. The summed E-state index contributed by atoms with van der Waals surface area (Å²) in [5.74, 6) is 0.797. The second kappa shape index (κ2) is 47.4. The summed E-state index contributed by atoms with van der Waals surface area (Å²) in [7, 11) is -2.22. The summed E-state index contributed by atoms with van der Waals surface area (Å²) < 4.78 is 12.9. The number of allylic oxidation sites excluding steroid dienone is 4. The van der Waals surface area contributed by atoms with Crippen LogP contribution in [-0.4, -0.2) is 75.9 Å². The zero-order valence-corrected chi connectivity index (χ0v) is 78.0. The molecule has 19 rings (SSSR count). The van der Waals surface area contributed by atoms with Gasteiger partial charge in [-0.05, 0) is 161 Å². The molecule has 12 aromatic carbocycles. The van der Waals surface area contributed by atoms with E-state index in [0.29, 0.717) is 34.2 Å². The van der Waals surface area contributed by atoms with Gasteiger partial charge in [0.2, 0.25) is 0 Å². The van der Waals surface area contributed by atoms with Crippen molar-refractivity contribution in [2.75, 3.05) is 13.1 Å². The van der Waals surface area contributed by atoms with Gasteiger partial charge in [-0.25, -0.2) is 9.97 Å². The molecule has 1 saturated heterocycles. The number of hydrogen-bond donors (Lipinski definition) is 0. The van der Waals surface area contributed by atoms with Gasteiger partial charge >= 0.3 is 7.12 Å². The molecule has 5 heterocycles. The van der Waals surface area contributed by atoms with Gasteiger partial charge in [-0.3, -0.25) is 10.0 Å². The maximum Gasteiger partial charge on any atom is 0.498 e. The number of nitrogens with zero attached hydrogens (tertiary/aromatic N) is 6. The first-order chi connectivity index (χ1) is 59.7. The molecule has 123 heavy (non-hydrogen) atoms. The number of halogens is 3. The van der Waals surface area contributed by atoms with Crippen LogP contribution in [0, 0.1) is 11.8 Å². The van der Waals surface area contributed by atoms with E-state index in [1.165, 1.54) is 63.7 Å². The molecule has 620 valence electrons. The fourth-order valence-electron chi connectivity index (χ4n) is 14.3. The van der Waals surface area contributed by atoms with Crippen LogP contribution in [0.25, 0.3) is 5.57 Å². The SMILES string of the molecule is CC1(C)OB(c2cccnc2Cl)OC1(C)C.CCN1N=CC2C=C(Br)C=CC21.CCN1N=CC2C=C(c3cccnc3Cl)C=CC21.[Pd].c1ccc(P(c2ccccc2)c2ccccc2)cc1.c1ccc(P(c2ccccc2)c2ccccc2)cc1.c1ccc(P(c2ccccc2)c2ccccc2)cc1.c1ccc(P(c2ccccc2)c2ccccc2)cc1. The molecule has 4 unspecified atom stereocenters. The molecule has 0 saturated carbocycles. The summed E-state index contributed by atoms with van der Waals surface area (Å²) in [5.41, 5.74) is 2.19. The first-order valence-corrected chi connectivity index (χ1v) is 48.1. The van der Waals surface area contributed by atoms with Gasteiger partial charge in [0.1, 0.15) is 10.3 Å². The van der Waals surface area contributed by atoms with Gasteiger partial charge in [0.05, 0.1) is 23.3 Å². The second-order valence-corrected chi connectivity index (χ2v) is 40.3. The molecule has 0 spiro atoms. The standard InChI is InChI=1S/4C18H15P.C14H14ClN3.C11H15BClNO2.C9H11BrN2.Pd/c4*1-4-10-16(11-5-1)19(17-12-6-2-7-13-17)18-14-8-3-9-15-18;1-2-18-13-6-5-10(8-11(13)9-17-18)12-4-3-7-16-14(12)15;1-10(2)11(3,4)16-12(15-10)8-6-5-7-14-9(8)13;1-2-12-9-4-3-8(10)5-7(9)6-11-12;/h4*1-15H;3-9,11,13H,2H2,1H3;5-7H,1-4H3;3-7,9H,2H2,1H3;. The van der Waals surface area contributed by atoms with Crippen molar-refractivity contribution in [2.24, 2.45) is 22.0 Å². The molecule has 17 heteroatoms. The van der Waals surface area contributed by atoms with Crippen molar-refractivity contribution in [1.82, 2.24) is 20.0 Å². The van der Waals surface area contributed by atoms with Crippen molar-refractivity contribution in [3.8, 4) is 0 Å². The molecule has 0 N–H and O–H groups in total. The van der Waals surface area contributed by atoms with Gasteiger partial charge < -0.3 is 9.31 Å². The number of hydrogen-bond acceptors (Lipinski definition) is 8. The van der Waals surface area contributed by atoms with Crippen LogP contribution in [0.4, 0.5) is 0 Å². The Morgan fingerprint density at radius 3 is 0.829 bits per heavy atom. The summed E-state index contributed by atoms with van der Waals surface area (Å²) in [6.07, 6.45) is 20.4. The first-order valence-electron chi connectivity index (χ1n) is 41.2. The minimum atomic E-state index is -0.446. The molecule has 1 fully saturated rings. The average molecular weight is 1880 g/mol. The van der Waals surface area contributed by atoms with E-state index in [9.17, 15) is 0 Å². The molecular weight excluding hydrogens is 1780 g/mol. The van der Waals surface area contributed by atoms with Crippen LogP contribution in [0.3, 0.4) is 0 Å². The van der Waals surface area contributed by atoms with Crippen LogP contribution in [-0.2, 0) is 29.7 Å². The topological polar surface area (TPSA) is 75.4 Å². The quantitative estimate of drug-likeness (QED) is 0.0545. The molecule has 0 amide bonds. The molecule has 4 atom stereocenters.